The topological polar surface area (TPSA) is 194 Å². The van der Waals surface area contributed by atoms with Crippen molar-refractivity contribution in [3.05, 3.63) is 53.6 Å². The van der Waals surface area contributed by atoms with Gasteiger partial charge < -0.3 is 48.5 Å². The number of allylic oxidation sites excluding steroid dienone is 1. The number of carbonyl (C=O) groups excluding carboxylic acids is 4. The minimum absolute atomic E-state index is 0.0184. The van der Waals surface area contributed by atoms with Crippen LogP contribution in [0, 0.1) is 0 Å². The zero-order chi connectivity index (χ0) is 40.6. The highest BCUT2D eigenvalue weighted by molar-refractivity contribution is 5.88. The number of unbranched alkanes of at least 4 members (excludes halogenated alkanes) is 2. The van der Waals surface area contributed by atoms with Gasteiger partial charge in [0.2, 0.25) is 0 Å². The lowest BCUT2D eigenvalue weighted by Gasteiger charge is -2.47. The number of Topliss-reactive ketones (excluding diaryl/α,β-unsaturated/α-hetero) is 1. The zero-order valence-corrected chi connectivity index (χ0v) is 33.0. The van der Waals surface area contributed by atoms with Crippen LogP contribution >= 0.6 is 0 Å². The van der Waals surface area contributed by atoms with Crippen LogP contribution in [0.1, 0.15) is 110 Å². The molecule has 0 amide bonds. The second kappa shape index (κ2) is 23.0. The smallest absolute Gasteiger partial charge is 0.333 e. The van der Waals surface area contributed by atoms with Crippen molar-refractivity contribution < 1.29 is 67.7 Å². The third-order valence-electron chi connectivity index (χ3n) is 10.4. The quantitative estimate of drug-likeness (QED) is 0.136. The Bertz CT molecular complexity index is 1460. The summed E-state index contributed by atoms with van der Waals surface area (Å²) in [6, 6.07) is 8.94. The average Bonchev–Trinajstić information content (AvgIpc) is 3.19. The normalized spacial score (nSPS) is 33.2. The fraction of sp³-hybridized carbons (Fsp3) is 0.667. The Morgan fingerprint density at radius 3 is 2.32 bits per heavy atom. The average molecular weight is 789 g/mol. The van der Waals surface area contributed by atoms with E-state index in [9.17, 15) is 34.5 Å². The predicted molar refractivity (Wildman–Crippen MR) is 202 cm³/mol. The number of ether oxygens (including phenoxy) is 7. The van der Waals surface area contributed by atoms with Gasteiger partial charge in [-0.15, -0.1) is 0 Å². The van der Waals surface area contributed by atoms with Gasteiger partial charge in [0.05, 0.1) is 18.6 Å². The van der Waals surface area contributed by atoms with E-state index < -0.39 is 85.9 Å². The molecule has 3 fully saturated rings. The van der Waals surface area contributed by atoms with E-state index in [1.54, 1.807) is 38.1 Å². The number of carbonyl (C=O) groups is 4. The van der Waals surface area contributed by atoms with Crippen molar-refractivity contribution in [3.63, 3.8) is 0 Å². The minimum Gasteiger partial charge on any atom is -0.463 e. The summed E-state index contributed by atoms with van der Waals surface area (Å²) in [7, 11) is 0. The Kier molecular flexibility index (Phi) is 18.6. The summed E-state index contributed by atoms with van der Waals surface area (Å²) >= 11 is 0. The molecule has 3 aliphatic heterocycles. The van der Waals surface area contributed by atoms with Crippen molar-refractivity contribution in [1.29, 1.82) is 0 Å². The van der Waals surface area contributed by atoms with Gasteiger partial charge in [0.25, 0.3) is 0 Å². The largest absolute Gasteiger partial charge is 0.463 e. The summed E-state index contributed by atoms with van der Waals surface area (Å²) in [4.78, 5) is 52.0. The molecule has 2 bridgehead atoms. The first-order chi connectivity index (χ1) is 26.9. The van der Waals surface area contributed by atoms with Crippen LogP contribution in [0.15, 0.2) is 48.1 Å². The van der Waals surface area contributed by atoms with E-state index in [4.69, 9.17) is 33.2 Å². The highest BCUT2D eigenvalue weighted by Gasteiger charge is 2.54. The van der Waals surface area contributed by atoms with Crippen LogP contribution in [0.4, 0.5) is 0 Å². The molecule has 4 rings (SSSR count). The maximum Gasteiger partial charge on any atom is 0.333 e. The summed E-state index contributed by atoms with van der Waals surface area (Å²) in [6.07, 6.45) is -3.15. The predicted octanol–water partition coefficient (Wildman–Crippen LogP) is 4.64. The summed E-state index contributed by atoms with van der Waals surface area (Å²) in [6.45, 7) is 6.27. The molecule has 0 radical (unpaired) electrons. The van der Waals surface area contributed by atoms with Crippen LogP contribution in [-0.4, -0.2) is 113 Å². The minimum atomic E-state index is -1.84. The highest BCUT2D eigenvalue weighted by Crippen LogP contribution is 2.34. The zero-order valence-electron chi connectivity index (χ0n) is 33.0. The van der Waals surface area contributed by atoms with Crippen molar-refractivity contribution in [3.8, 4) is 0 Å². The Labute approximate surface area is 329 Å². The Hall–Kier alpha value is -3.50. The molecule has 0 unspecified atom stereocenters. The van der Waals surface area contributed by atoms with E-state index in [1.807, 2.05) is 6.07 Å². The van der Waals surface area contributed by atoms with E-state index in [1.165, 1.54) is 19.1 Å². The number of aliphatic hydroxyl groups excluding tert-OH is 3. The Morgan fingerprint density at radius 2 is 1.59 bits per heavy atom. The molecule has 0 aromatic heterocycles. The molecule has 11 atom stereocenters. The number of benzene rings is 1. The molecule has 56 heavy (non-hydrogen) atoms. The Morgan fingerprint density at radius 1 is 0.839 bits per heavy atom. The SMILES string of the molecule is C/C=C(\C)C(=O)O[C@@H]1[C@@H](O)[C@@H]2O[C@H]3[C@H](O[C@@H](CCCCC)CCCCCCC(=O)CCC(=O)OC[C@@H](O2)[C@H]1OC(=O)/C=C/c1ccccc1)O[C@H](C)[C@H](O)[C@@H]3O. The van der Waals surface area contributed by atoms with Crippen molar-refractivity contribution in [2.45, 2.75) is 172 Å². The van der Waals surface area contributed by atoms with Crippen molar-refractivity contribution in [1.82, 2.24) is 0 Å². The first-order valence-electron chi connectivity index (χ1n) is 20.0. The third kappa shape index (κ3) is 13.6. The van der Waals surface area contributed by atoms with Gasteiger partial charge in [-0.1, -0.05) is 81.9 Å². The van der Waals surface area contributed by atoms with Gasteiger partial charge in [0.1, 0.15) is 42.9 Å². The number of fused-ring (bicyclic) bond motifs is 3. The van der Waals surface area contributed by atoms with E-state index in [-0.39, 0.29) is 30.3 Å². The second-order valence-electron chi connectivity index (χ2n) is 14.7. The summed E-state index contributed by atoms with van der Waals surface area (Å²) in [5.74, 6) is -2.50. The monoisotopic (exact) mass is 788 g/mol. The number of aliphatic hydroxyl groups is 3. The van der Waals surface area contributed by atoms with E-state index in [0.29, 0.717) is 31.2 Å². The molecule has 0 aliphatic carbocycles. The van der Waals surface area contributed by atoms with Crippen LogP contribution in [0.3, 0.4) is 0 Å². The van der Waals surface area contributed by atoms with Gasteiger partial charge in [0, 0.05) is 24.5 Å². The van der Waals surface area contributed by atoms with E-state index in [2.05, 4.69) is 6.92 Å². The van der Waals surface area contributed by atoms with Gasteiger partial charge in [-0.3, -0.25) is 9.59 Å². The second-order valence-corrected chi connectivity index (χ2v) is 14.7. The number of hydrogen-bond acceptors (Lipinski definition) is 14. The van der Waals surface area contributed by atoms with Gasteiger partial charge in [-0.25, -0.2) is 9.59 Å². The summed E-state index contributed by atoms with van der Waals surface area (Å²) in [5, 5.41) is 34.1. The lowest BCUT2D eigenvalue weighted by Crippen LogP contribution is -2.65. The molecule has 3 saturated heterocycles. The highest BCUT2D eigenvalue weighted by atomic mass is 16.8. The van der Waals surface area contributed by atoms with Crippen LogP contribution in [0.2, 0.25) is 0 Å². The fourth-order valence-electron chi connectivity index (χ4n) is 6.82. The first kappa shape index (κ1) is 45.2. The molecule has 0 saturated carbocycles. The van der Waals surface area contributed by atoms with Gasteiger partial charge in [-0.2, -0.15) is 0 Å². The Balaban J connectivity index is 1.70. The third-order valence-corrected chi connectivity index (χ3v) is 10.4. The van der Waals surface area contributed by atoms with Crippen LogP contribution in [0.25, 0.3) is 6.08 Å². The molecule has 14 nitrogen and oxygen atoms in total. The van der Waals surface area contributed by atoms with Gasteiger partial charge in [0.15, 0.2) is 24.8 Å². The summed E-state index contributed by atoms with van der Waals surface area (Å²) in [5.41, 5.74) is 0.886. The number of hydrogen-bond donors (Lipinski definition) is 3. The first-order valence-corrected chi connectivity index (χ1v) is 20.0. The molecular weight excluding hydrogens is 728 g/mol. The van der Waals surface area contributed by atoms with Crippen LogP contribution in [0.5, 0.6) is 0 Å². The number of esters is 3. The van der Waals surface area contributed by atoms with Crippen molar-refractivity contribution >= 4 is 29.8 Å². The van der Waals surface area contributed by atoms with Gasteiger partial charge >= 0.3 is 17.9 Å². The van der Waals surface area contributed by atoms with Crippen molar-refractivity contribution in [2.75, 3.05) is 6.61 Å². The standard InChI is InChI=1S/C42H60O14/c1-5-7-11-19-30-20-15-9-8-14-18-29(43)22-24-32(44)50-25-31-37(54-33(45)23-21-28-16-12-10-13-17-28)38(55-40(49)26(3)6-2)36(48)41(53-31)56-39-35(47)34(46)27(4)51-42(39)52-30/h6,10,12-13,16-17,21,23,27,30-31,34-39,41-42,46-48H,5,7-9,11,14-15,18-20,22,24-25H2,1-4H3/b23-21+,26-6+/t27-,30+,31-,34+,35+,36-,37-,38-,39-,41+,42+/m1/s1. The number of ketones is 1. The molecule has 3 heterocycles. The molecule has 312 valence electrons. The number of rotatable bonds is 9. The maximum absolute atomic E-state index is 13.3. The fourth-order valence-corrected chi connectivity index (χ4v) is 6.82. The lowest BCUT2D eigenvalue weighted by atomic mass is 9.96. The molecule has 3 N–H and O–H groups in total. The van der Waals surface area contributed by atoms with Gasteiger partial charge in [-0.05, 0) is 51.7 Å². The van der Waals surface area contributed by atoms with E-state index in [0.717, 1.165) is 44.6 Å². The lowest BCUT2D eigenvalue weighted by molar-refractivity contribution is -0.369. The number of cyclic esters (lactones) is 1. The van der Waals surface area contributed by atoms with Crippen LogP contribution in [-0.2, 0) is 52.3 Å². The van der Waals surface area contributed by atoms with Crippen molar-refractivity contribution in [2.24, 2.45) is 0 Å². The molecule has 3 aliphatic rings. The van der Waals surface area contributed by atoms with E-state index >= 15 is 0 Å². The molecular formula is C42H60O14. The molecule has 14 heteroatoms. The maximum atomic E-state index is 13.3. The molecule has 1 aromatic carbocycles. The van der Waals surface area contributed by atoms with Crippen LogP contribution < -0.4 is 0 Å². The molecule has 0 spiro atoms. The molecule has 1 aromatic rings. The summed E-state index contributed by atoms with van der Waals surface area (Å²) < 4.78 is 42.1.